The molecule has 0 amide bonds. The van der Waals surface area contributed by atoms with E-state index in [0.29, 0.717) is 12.0 Å². The maximum Gasteiger partial charge on any atom is 0.119 e. The Morgan fingerprint density at radius 3 is 2.47 bits per heavy atom. The smallest absolute Gasteiger partial charge is 0.119 e. The molecule has 0 fully saturated rings. The lowest BCUT2D eigenvalue weighted by atomic mass is 10.00. The monoisotopic (exact) mass is 235 g/mol. The van der Waals surface area contributed by atoms with Crippen LogP contribution in [0.1, 0.15) is 39.5 Å². The lowest BCUT2D eigenvalue weighted by Gasteiger charge is -2.13. The maximum absolute atomic E-state index is 6.03. The van der Waals surface area contributed by atoms with Crippen molar-refractivity contribution in [2.45, 2.75) is 45.6 Å². The van der Waals surface area contributed by atoms with Gasteiger partial charge in [-0.3, -0.25) is 0 Å². The van der Waals surface area contributed by atoms with Crippen LogP contribution in [0.5, 0.6) is 5.75 Å². The quantitative estimate of drug-likeness (QED) is 0.699. The molecule has 0 aliphatic heterocycles. The first-order valence-corrected chi connectivity index (χ1v) is 6.62. The van der Waals surface area contributed by atoms with Crippen molar-refractivity contribution in [3.8, 4) is 5.75 Å². The van der Waals surface area contributed by atoms with Crippen molar-refractivity contribution in [1.29, 1.82) is 0 Å². The maximum atomic E-state index is 6.03. The zero-order valence-electron chi connectivity index (χ0n) is 11.1. The second-order valence-electron chi connectivity index (χ2n) is 5.05. The molecule has 1 atom stereocenters. The first kappa shape index (κ1) is 14.0. The minimum absolute atomic E-state index is 0.353. The van der Waals surface area contributed by atoms with Gasteiger partial charge in [-0.05, 0) is 43.7 Å². The molecule has 0 radical (unpaired) electrons. The number of rotatable bonds is 8. The molecule has 0 aliphatic rings. The fourth-order valence-corrected chi connectivity index (χ4v) is 1.94. The van der Waals surface area contributed by atoms with Crippen LogP contribution in [0, 0.1) is 5.92 Å². The lowest BCUT2D eigenvalue weighted by molar-refractivity contribution is 0.301. The van der Waals surface area contributed by atoms with Crippen molar-refractivity contribution >= 4 is 0 Å². The predicted molar refractivity (Wildman–Crippen MR) is 73.2 cm³/mol. The summed E-state index contributed by atoms with van der Waals surface area (Å²) in [6.07, 6.45) is 4.47. The Morgan fingerprint density at radius 1 is 1.12 bits per heavy atom. The summed E-state index contributed by atoms with van der Waals surface area (Å²) in [5.41, 5.74) is 6.03. The molecule has 0 spiro atoms. The van der Waals surface area contributed by atoms with Gasteiger partial charge in [0.05, 0.1) is 6.61 Å². The minimum atomic E-state index is 0.353. The van der Waals surface area contributed by atoms with Gasteiger partial charge in [0.2, 0.25) is 0 Å². The van der Waals surface area contributed by atoms with E-state index in [2.05, 4.69) is 13.8 Å². The van der Waals surface area contributed by atoms with Crippen LogP contribution in [-0.2, 0) is 0 Å². The second-order valence-corrected chi connectivity index (χ2v) is 5.05. The van der Waals surface area contributed by atoms with E-state index in [1.165, 1.54) is 0 Å². The number of unbranched alkanes of at least 4 members (excludes halogenated alkanes) is 1. The number of hydrogen-bond donors (Lipinski definition) is 1. The van der Waals surface area contributed by atoms with Crippen LogP contribution in [0.4, 0.5) is 0 Å². The van der Waals surface area contributed by atoms with Gasteiger partial charge in [-0.2, -0.15) is 0 Å². The van der Waals surface area contributed by atoms with E-state index in [1.54, 1.807) is 0 Å². The molecule has 96 valence electrons. The van der Waals surface area contributed by atoms with Crippen LogP contribution < -0.4 is 10.5 Å². The van der Waals surface area contributed by atoms with Crippen molar-refractivity contribution in [2.24, 2.45) is 11.7 Å². The number of nitrogens with two attached hydrogens (primary N) is 1. The summed E-state index contributed by atoms with van der Waals surface area (Å²) in [6, 6.07) is 10.3. The second kappa shape index (κ2) is 8.13. The minimum Gasteiger partial charge on any atom is -0.494 e. The molecule has 2 heteroatoms. The van der Waals surface area contributed by atoms with Gasteiger partial charge < -0.3 is 10.5 Å². The Labute approximate surface area is 105 Å². The van der Waals surface area contributed by atoms with E-state index in [4.69, 9.17) is 10.5 Å². The Morgan fingerprint density at radius 2 is 1.82 bits per heavy atom. The summed E-state index contributed by atoms with van der Waals surface area (Å²) in [4.78, 5) is 0. The van der Waals surface area contributed by atoms with Gasteiger partial charge in [-0.1, -0.05) is 32.0 Å². The first-order chi connectivity index (χ1) is 8.18. The Kier molecular flexibility index (Phi) is 6.71. The molecule has 1 unspecified atom stereocenters. The average molecular weight is 235 g/mol. The van der Waals surface area contributed by atoms with Crippen LogP contribution in [0.2, 0.25) is 0 Å². The number of para-hydroxylation sites is 1. The highest BCUT2D eigenvalue weighted by atomic mass is 16.5. The van der Waals surface area contributed by atoms with Gasteiger partial charge in [-0.25, -0.2) is 0 Å². The van der Waals surface area contributed by atoms with Crippen LogP contribution in [-0.4, -0.2) is 12.6 Å². The highest BCUT2D eigenvalue weighted by Crippen LogP contribution is 2.11. The zero-order valence-corrected chi connectivity index (χ0v) is 11.1. The third-order valence-electron chi connectivity index (χ3n) is 2.76. The molecular formula is C15H25NO. The van der Waals surface area contributed by atoms with E-state index in [-0.39, 0.29) is 0 Å². The van der Waals surface area contributed by atoms with E-state index < -0.39 is 0 Å². The summed E-state index contributed by atoms with van der Waals surface area (Å²) < 4.78 is 5.63. The van der Waals surface area contributed by atoms with Crippen molar-refractivity contribution in [3.63, 3.8) is 0 Å². The van der Waals surface area contributed by atoms with Crippen LogP contribution in [0.3, 0.4) is 0 Å². The number of hydrogen-bond acceptors (Lipinski definition) is 2. The van der Waals surface area contributed by atoms with Crippen molar-refractivity contribution in [1.82, 2.24) is 0 Å². The van der Waals surface area contributed by atoms with Gasteiger partial charge in [0.15, 0.2) is 0 Å². The third-order valence-corrected chi connectivity index (χ3v) is 2.76. The van der Waals surface area contributed by atoms with Gasteiger partial charge in [-0.15, -0.1) is 0 Å². The van der Waals surface area contributed by atoms with Crippen LogP contribution in [0.25, 0.3) is 0 Å². The molecule has 0 aliphatic carbocycles. The van der Waals surface area contributed by atoms with Crippen molar-refractivity contribution in [2.75, 3.05) is 6.61 Å². The van der Waals surface area contributed by atoms with Crippen LogP contribution >= 0.6 is 0 Å². The molecule has 1 rings (SSSR count). The number of ether oxygens (including phenoxy) is 1. The van der Waals surface area contributed by atoms with Crippen LogP contribution in [0.15, 0.2) is 30.3 Å². The fourth-order valence-electron chi connectivity index (χ4n) is 1.94. The molecule has 0 saturated carbocycles. The molecule has 1 aromatic carbocycles. The Bertz CT molecular complexity index is 284. The largest absolute Gasteiger partial charge is 0.494 e. The van der Waals surface area contributed by atoms with Crippen molar-refractivity contribution < 1.29 is 4.74 Å². The zero-order chi connectivity index (χ0) is 12.5. The molecular weight excluding hydrogens is 210 g/mol. The molecule has 0 aromatic heterocycles. The van der Waals surface area contributed by atoms with Gasteiger partial charge in [0.1, 0.15) is 5.75 Å². The summed E-state index contributed by atoms with van der Waals surface area (Å²) in [5, 5.41) is 0. The molecule has 0 saturated heterocycles. The third kappa shape index (κ3) is 7.01. The van der Waals surface area contributed by atoms with E-state index in [0.717, 1.165) is 38.0 Å². The predicted octanol–water partition coefficient (Wildman–Crippen LogP) is 3.61. The number of benzene rings is 1. The molecule has 0 heterocycles. The lowest BCUT2D eigenvalue weighted by Crippen LogP contribution is -2.22. The van der Waals surface area contributed by atoms with E-state index in [9.17, 15) is 0 Å². The van der Waals surface area contributed by atoms with Gasteiger partial charge >= 0.3 is 0 Å². The highest BCUT2D eigenvalue weighted by molar-refractivity contribution is 5.20. The fraction of sp³-hybridized carbons (Fsp3) is 0.600. The summed E-state index contributed by atoms with van der Waals surface area (Å²) >= 11 is 0. The summed E-state index contributed by atoms with van der Waals surface area (Å²) in [5.74, 6) is 1.66. The normalized spacial score (nSPS) is 12.7. The highest BCUT2D eigenvalue weighted by Gasteiger charge is 2.04. The first-order valence-electron chi connectivity index (χ1n) is 6.62. The molecule has 2 nitrogen and oxygen atoms in total. The summed E-state index contributed by atoms with van der Waals surface area (Å²) in [7, 11) is 0. The molecule has 0 bridgehead atoms. The van der Waals surface area contributed by atoms with Gasteiger partial charge in [0, 0.05) is 6.04 Å². The van der Waals surface area contributed by atoms with E-state index >= 15 is 0 Å². The van der Waals surface area contributed by atoms with Crippen molar-refractivity contribution in [3.05, 3.63) is 30.3 Å². The SMILES string of the molecule is CC(C)CC(N)CCCCOc1ccccc1. The molecule has 1 aromatic rings. The van der Waals surface area contributed by atoms with Gasteiger partial charge in [0.25, 0.3) is 0 Å². The topological polar surface area (TPSA) is 35.2 Å². The molecule has 2 N–H and O–H groups in total. The Balaban J connectivity index is 2.01. The van der Waals surface area contributed by atoms with E-state index in [1.807, 2.05) is 30.3 Å². The average Bonchev–Trinajstić information content (AvgIpc) is 2.29. The Hall–Kier alpha value is -1.02. The summed E-state index contributed by atoms with van der Waals surface area (Å²) in [6.45, 7) is 5.23. The molecule has 17 heavy (non-hydrogen) atoms. The standard InChI is InChI=1S/C15H25NO/c1-13(2)12-14(16)8-6-7-11-17-15-9-4-3-5-10-15/h3-5,9-10,13-14H,6-8,11-12,16H2,1-2H3.